The van der Waals surface area contributed by atoms with Gasteiger partial charge in [-0.2, -0.15) is 0 Å². The zero-order chi connectivity index (χ0) is 13.0. The van der Waals surface area contributed by atoms with Gasteiger partial charge in [-0.1, -0.05) is 0 Å². The maximum atomic E-state index is 11.7. The minimum Gasteiger partial charge on any atom is -0.469 e. The normalized spacial score (nSPS) is 29.9. The number of piperidine rings is 1. The molecule has 2 unspecified atom stereocenters. The summed E-state index contributed by atoms with van der Waals surface area (Å²) in [4.78, 5) is 22.6. The van der Waals surface area contributed by atoms with Crippen LogP contribution in [0.15, 0.2) is 0 Å². The Balaban J connectivity index is 1.63. The van der Waals surface area contributed by atoms with Crippen molar-refractivity contribution in [2.24, 2.45) is 5.92 Å². The lowest BCUT2D eigenvalue weighted by molar-refractivity contribution is -0.140. The van der Waals surface area contributed by atoms with Crippen molar-refractivity contribution in [1.82, 2.24) is 10.6 Å². The molecule has 0 saturated carbocycles. The molecule has 1 amide bonds. The van der Waals surface area contributed by atoms with Crippen molar-refractivity contribution >= 4 is 11.9 Å². The van der Waals surface area contributed by atoms with E-state index < -0.39 is 0 Å². The molecule has 0 spiro atoms. The molecular formula is C13H22N2O3. The highest BCUT2D eigenvalue weighted by Gasteiger charge is 2.34. The van der Waals surface area contributed by atoms with E-state index in [1.807, 2.05) is 0 Å². The first-order valence-corrected chi connectivity index (χ1v) is 6.77. The minimum atomic E-state index is -0.282. The van der Waals surface area contributed by atoms with Gasteiger partial charge in [0.1, 0.15) is 0 Å². The highest BCUT2D eigenvalue weighted by atomic mass is 16.5. The first-order valence-electron chi connectivity index (χ1n) is 6.77. The van der Waals surface area contributed by atoms with Gasteiger partial charge in [0.15, 0.2) is 0 Å². The molecule has 2 N–H and O–H groups in total. The van der Waals surface area contributed by atoms with Crippen LogP contribution in [0.25, 0.3) is 0 Å². The molecule has 0 aliphatic carbocycles. The Kier molecular flexibility index (Phi) is 4.58. The number of hydrogen-bond donors (Lipinski definition) is 2. The molecule has 2 saturated heterocycles. The highest BCUT2D eigenvalue weighted by Crippen LogP contribution is 2.32. The van der Waals surface area contributed by atoms with Crippen LogP contribution in [0.4, 0.5) is 0 Å². The Hall–Kier alpha value is -1.10. The first kappa shape index (κ1) is 13.3. The number of rotatable bonds is 5. The summed E-state index contributed by atoms with van der Waals surface area (Å²) in [6, 6.07) is 1.24. The maximum Gasteiger partial charge on any atom is 0.307 e. The first-order chi connectivity index (χ1) is 8.67. The number of hydrogen-bond acceptors (Lipinski definition) is 4. The number of fused-ring (bicyclic) bond motifs is 2. The van der Waals surface area contributed by atoms with Gasteiger partial charge >= 0.3 is 5.97 Å². The summed E-state index contributed by atoms with van der Waals surface area (Å²) in [6.45, 7) is 0.378. The summed E-state index contributed by atoms with van der Waals surface area (Å²) in [7, 11) is 1.36. The van der Waals surface area contributed by atoms with E-state index >= 15 is 0 Å². The van der Waals surface area contributed by atoms with Crippen LogP contribution in [0.5, 0.6) is 0 Å². The van der Waals surface area contributed by atoms with Gasteiger partial charge in [-0.3, -0.25) is 9.59 Å². The van der Waals surface area contributed by atoms with Gasteiger partial charge in [0.25, 0.3) is 0 Å². The van der Waals surface area contributed by atoms with Crippen LogP contribution in [0, 0.1) is 5.92 Å². The van der Waals surface area contributed by atoms with E-state index in [0.29, 0.717) is 31.0 Å². The Bertz CT molecular complexity index is 307. The Labute approximate surface area is 108 Å². The number of ether oxygens (including phenoxy) is 1. The molecular weight excluding hydrogens is 232 g/mol. The fraction of sp³-hybridized carbons (Fsp3) is 0.846. The highest BCUT2D eigenvalue weighted by molar-refractivity contribution is 5.77. The summed E-state index contributed by atoms with van der Waals surface area (Å²) in [5.74, 6) is 0.280. The lowest BCUT2D eigenvalue weighted by Crippen LogP contribution is -2.39. The lowest BCUT2D eigenvalue weighted by Gasteiger charge is -2.28. The topological polar surface area (TPSA) is 67.4 Å². The van der Waals surface area contributed by atoms with E-state index in [9.17, 15) is 9.59 Å². The maximum absolute atomic E-state index is 11.7. The second kappa shape index (κ2) is 6.18. The molecule has 2 aliphatic rings. The number of carbonyl (C=O) groups is 2. The van der Waals surface area contributed by atoms with Gasteiger partial charge in [0, 0.05) is 25.0 Å². The van der Waals surface area contributed by atoms with Gasteiger partial charge in [-0.15, -0.1) is 0 Å². The molecule has 2 bridgehead atoms. The number of nitrogens with one attached hydrogen (secondary N) is 2. The summed E-state index contributed by atoms with van der Waals surface area (Å²) in [6.07, 6.45) is 5.58. The van der Waals surface area contributed by atoms with E-state index in [1.165, 1.54) is 20.0 Å². The second-order valence-electron chi connectivity index (χ2n) is 5.36. The fourth-order valence-corrected chi connectivity index (χ4v) is 3.08. The third-order valence-corrected chi connectivity index (χ3v) is 3.92. The zero-order valence-electron chi connectivity index (χ0n) is 10.9. The minimum absolute atomic E-state index is 0.0604. The Morgan fingerprint density at radius 1 is 1.28 bits per heavy atom. The smallest absolute Gasteiger partial charge is 0.307 e. The lowest BCUT2D eigenvalue weighted by atomic mass is 9.89. The molecule has 2 heterocycles. The SMILES string of the molecule is COC(=O)CCNC(=O)CC1CC2CCC(C1)N2. The molecule has 2 rings (SSSR count). The molecule has 5 heteroatoms. The van der Waals surface area contributed by atoms with Gasteiger partial charge in [-0.25, -0.2) is 0 Å². The molecule has 2 aliphatic heterocycles. The summed E-state index contributed by atoms with van der Waals surface area (Å²) in [5.41, 5.74) is 0. The van der Waals surface area contributed by atoms with E-state index in [1.54, 1.807) is 0 Å². The number of carbonyl (C=O) groups excluding carboxylic acids is 2. The predicted molar refractivity (Wildman–Crippen MR) is 66.9 cm³/mol. The molecule has 0 aromatic rings. The van der Waals surface area contributed by atoms with Crippen molar-refractivity contribution < 1.29 is 14.3 Å². The number of esters is 1. The molecule has 18 heavy (non-hydrogen) atoms. The molecule has 2 atom stereocenters. The molecule has 5 nitrogen and oxygen atoms in total. The predicted octanol–water partition coefficient (Wildman–Crippen LogP) is 0.586. The average molecular weight is 254 g/mol. The van der Waals surface area contributed by atoms with Crippen molar-refractivity contribution in [2.45, 2.75) is 50.6 Å². The average Bonchev–Trinajstić information content (AvgIpc) is 2.68. The quantitative estimate of drug-likeness (QED) is 0.705. The molecule has 2 fully saturated rings. The molecule has 0 aromatic heterocycles. The van der Waals surface area contributed by atoms with Crippen LogP contribution < -0.4 is 10.6 Å². The molecule has 0 aromatic carbocycles. The number of methoxy groups -OCH3 is 1. The van der Waals surface area contributed by atoms with E-state index in [4.69, 9.17) is 0 Å². The number of amides is 1. The van der Waals surface area contributed by atoms with Crippen molar-refractivity contribution in [3.63, 3.8) is 0 Å². The van der Waals surface area contributed by atoms with Gasteiger partial charge < -0.3 is 15.4 Å². The van der Waals surface area contributed by atoms with E-state index in [0.717, 1.165) is 12.8 Å². The van der Waals surface area contributed by atoms with Gasteiger partial charge in [0.05, 0.1) is 13.5 Å². The van der Waals surface area contributed by atoms with Crippen molar-refractivity contribution in [2.75, 3.05) is 13.7 Å². The van der Waals surface area contributed by atoms with Crippen LogP contribution >= 0.6 is 0 Å². The molecule has 102 valence electrons. The summed E-state index contributed by atoms with van der Waals surface area (Å²) >= 11 is 0. The van der Waals surface area contributed by atoms with Gasteiger partial charge in [0.2, 0.25) is 5.91 Å². The van der Waals surface area contributed by atoms with Crippen molar-refractivity contribution in [3.05, 3.63) is 0 Å². The van der Waals surface area contributed by atoms with Crippen LogP contribution in [-0.2, 0) is 14.3 Å². The largest absolute Gasteiger partial charge is 0.469 e. The van der Waals surface area contributed by atoms with Crippen LogP contribution in [-0.4, -0.2) is 37.6 Å². The molecule has 0 radical (unpaired) electrons. The van der Waals surface area contributed by atoms with Crippen LogP contribution in [0.1, 0.15) is 38.5 Å². The van der Waals surface area contributed by atoms with Crippen molar-refractivity contribution in [1.29, 1.82) is 0 Å². The van der Waals surface area contributed by atoms with Gasteiger partial charge in [-0.05, 0) is 31.6 Å². The van der Waals surface area contributed by atoms with Crippen LogP contribution in [0.3, 0.4) is 0 Å². The monoisotopic (exact) mass is 254 g/mol. The zero-order valence-corrected chi connectivity index (χ0v) is 10.9. The Morgan fingerprint density at radius 2 is 1.94 bits per heavy atom. The van der Waals surface area contributed by atoms with Crippen molar-refractivity contribution in [3.8, 4) is 0 Å². The fourth-order valence-electron chi connectivity index (χ4n) is 3.08. The third-order valence-electron chi connectivity index (χ3n) is 3.92. The standard InChI is InChI=1S/C13H22N2O3/c1-18-13(17)4-5-14-12(16)8-9-6-10-2-3-11(7-9)15-10/h9-11,15H,2-8H2,1H3,(H,14,16). The third kappa shape index (κ3) is 3.70. The summed E-state index contributed by atoms with van der Waals surface area (Å²) in [5, 5.41) is 6.35. The second-order valence-corrected chi connectivity index (χ2v) is 5.36. The Morgan fingerprint density at radius 3 is 2.56 bits per heavy atom. The van der Waals surface area contributed by atoms with E-state index in [2.05, 4.69) is 15.4 Å². The summed E-state index contributed by atoms with van der Waals surface area (Å²) < 4.78 is 4.52. The van der Waals surface area contributed by atoms with Crippen LogP contribution in [0.2, 0.25) is 0 Å². The van der Waals surface area contributed by atoms with E-state index in [-0.39, 0.29) is 18.3 Å².